The molecular formula is C66H87Cl3N12O4. The molecule has 6 saturated heterocycles. The van der Waals surface area contributed by atoms with Crippen LogP contribution in [0.5, 0.6) is 17.2 Å². The minimum absolute atomic E-state index is 0.107. The number of aryl methyl sites for hydroxylation is 3. The molecule has 9 heterocycles. The number of piperidine rings is 3. The van der Waals surface area contributed by atoms with Gasteiger partial charge in [-0.05, 0) is 120 Å². The highest BCUT2D eigenvalue weighted by molar-refractivity contribution is 6.32. The first-order valence-corrected chi connectivity index (χ1v) is 32.1. The average molecular weight is 1220 g/mol. The van der Waals surface area contributed by atoms with Crippen molar-refractivity contribution < 1.29 is 19.0 Å². The SMILES string of the molecule is CC1CNC1.CCc1cnc(N2CCC(Oc3ccc(C=O)cc3Cl)CC2)nc1.CCc1cnc(N2CCC(Oc3ccc(CN4CC(C)C4)cc3Cl)CC2)nc1.CCc1cnc(N2CCC(Oc3ccc(CN4CC(C)C4)cc3Cl)CC2)nc1. The van der Waals surface area contributed by atoms with Crippen LogP contribution in [0.25, 0.3) is 0 Å². The first-order valence-electron chi connectivity index (χ1n) is 30.9. The molecular weight excluding hydrogens is 1130 g/mol. The molecule has 0 unspecified atom stereocenters. The zero-order valence-electron chi connectivity index (χ0n) is 50.7. The Hall–Kier alpha value is -5.88. The summed E-state index contributed by atoms with van der Waals surface area (Å²) in [7, 11) is 0. The highest BCUT2D eigenvalue weighted by atomic mass is 35.5. The Labute approximate surface area is 519 Å². The Kier molecular flexibility index (Phi) is 23.7. The standard InChI is InChI=1S/2C22H29ClN4O.C18H20ClN3O2.C4H9N/c2*1-3-17-11-24-22(25-12-17)27-8-6-19(7-9-27)28-21-5-4-18(10-20(21)23)15-26-13-16(2)14-26;1-2-13-10-20-18(21-11-13)22-7-5-15(6-8-22)24-17-4-3-14(12-23)9-16(17)19;1-4-2-5-3-4/h2*4-5,10-12,16,19H,3,6-9,13-15H2,1-2H3;3-4,9-12,15H,2,5-8H2,1H3;4-5H,2-3H2,1H3. The van der Waals surface area contributed by atoms with Crippen molar-refractivity contribution in [2.75, 3.05) is 93.2 Å². The average Bonchev–Trinajstić information content (AvgIpc) is 3.69. The summed E-state index contributed by atoms with van der Waals surface area (Å²) in [5.74, 6) is 7.22. The van der Waals surface area contributed by atoms with Crippen LogP contribution >= 0.6 is 34.8 Å². The molecule has 3 aromatic heterocycles. The minimum Gasteiger partial charge on any atom is -0.489 e. The minimum atomic E-state index is 0.107. The molecule has 6 aliphatic rings. The predicted molar refractivity (Wildman–Crippen MR) is 342 cm³/mol. The molecule has 0 atom stereocenters. The molecule has 19 heteroatoms. The van der Waals surface area contributed by atoms with Gasteiger partial charge in [0.15, 0.2) is 0 Å². The number of hydrogen-bond acceptors (Lipinski definition) is 16. The summed E-state index contributed by atoms with van der Waals surface area (Å²) in [5, 5.41) is 5.06. The van der Waals surface area contributed by atoms with Crippen molar-refractivity contribution in [1.29, 1.82) is 0 Å². The third kappa shape index (κ3) is 18.8. The monoisotopic (exact) mass is 1220 g/mol. The molecule has 6 aliphatic heterocycles. The van der Waals surface area contributed by atoms with Crippen molar-refractivity contribution in [2.24, 2.45) is 17.8 Å². The number of nitrogens with zero attached hydrogens (tertiary/aromatic N) is 11. The van der Waals surface area contributed by atoms with Crippen LogP contribution in [-0.2, 0) is 32.4 Å². The van der Waals surface area contributed by atoms with E-state index in [4.69, 9.17) is 49.0 Å². The van der Waals surface area contributed by atoms with Gasteiger partial charge in [0.25, 0.3) is 0 Å². The lowest BCUT2D eigenvalue weighted by Crippen LogP contribution is -2.44. The molecule has 6 fully saturated rings. The van der Waals surface area contributed by atoms with E-state index in [1.54, 1.807) is 18.2 Å². The number of aromatic nitrogens is 6. The van der Waals surface area contributed by atoms with Gasteiger partial charge in [-0.2, -0.15) is 0 Å². The molecule has 0 spiro atoms. The van der Waals surface area contributed by atoms with E-state index in [1.807, 2.05) is 49.3 Å². The molecule has 85 heavy (non-hydrogen) atoms. The van der Waals surface area contributed by atoms with Crippen molar-refractivity contribution in [1.82, 2.24) is 45.0 Å². The van der Waals surface area contributed by atoms with Crippen LogP contribution in [0.2, 0.25) is 15.1 Å². The van der Waals surface area contributed by atoms with E-state index in [-0.39, 0.29) is 18.3 Å². The summed E-state index contributed by atoms with van der Waals surface area (Å²) in [6, 6.07) is 17.5. The number of hydrogen-bond donors (Lipinski definition) is 1. The molecule has 6 aromatic rings. The van der Waals surface area contributed by atoms with E-state index in [2.05, 4.69) is 126 Å². The van der Waals surface area contributed by atoms with Crippen LogP contribution in [0.4, 0.5) is 17.8 Å². The molecule has 0 saturated carbocycles. The van der Waals surface area contributed by atoms with Crippen LogP contribution in [0.3, 0.4) is 0 Å². The van der Waals surface area contributed by atoms with Crippen LogP contribution in [0, 0.1) is 17.8 Å². The Morgan fingerprint density at radius 1 is 0.459 bits per heavy atom. The number of rotatable bonds is 17. The molecule has 0 aliphatic carbocycles. The Morgan fingerprint density at radius 2 is 0.765 bits per heavy atom. The van der Waals surface area contributed by atoms with Gasteiger partial charge in [-0.15, -0.1) is 0 Å². The van der Waals surface area contributed by atoms with E-state index < -0.39 is 0 Å². The van der Waals surface area contributed by atoms with Crippen LogP contribution in [0.15, 0.2) is 91.8 Å². The summed E-state index contributed by atoms with van der Waals surface area (Å²) in [5.41, 5.74) is 6.55. The van der Waals surface area contributed by atoms with Gasteiger partial charge in [-0.25, -0.2) is 29.9 Å². The van der Waals surface area contributed by atoms with Gasteiger partial charge in [0.05, 0.1) is 15.1 Å². The number of halogens is 3. The number of carbonyl (C=O) groups excluding carboxylic acids is 1. The van der Waals surface area contributed by atoms with E-state index in [0.717, 1.165) is 169 Å². The van der Waals surface area contributed by atoms with E-state index >= 15 is 0 Å². The van der Waals surface area contributed by atoms with Gasteiger partial charge < -0.3 is 34.2 Å². The van der Waals surface area contributed by atoms with E-state index in [1.165, 1.54) is 61.5 Å². The van der Waals surface area contributed by atoms with Crippen LogP contribution in [-0.4, -0.2) is 143 Å². The van der Waals surface area contributed by atoms with Crippen molar-refractivity contribution in [2.45, 2.75) is 131 Å². The van der Waals surface area contributed by atoms with Gasteiger partial charge >= 0.3 is 0 Å². The van der Waals surface area contributed by atoms with Crippen molar-refractivity contribution in [3.8, 4) is 17.2 Å². The van der Waals surface area contributed by atoms with E-state index in [9.17, 15) is 4.79 Å². The van der Waals surface area contributed by atoms with Gasteiger partial charge in [0.2, 0.25) is 17.8 Å². The molecule has 0 bridgehead atoms. The molecule has 456 valence electrons. The van der Waals surface area contributed by atoms with Crippen LogP contribution < -0.4 is 34.2 Å². The van der Waals surface area contributed by atoms with Crippen molar-refractivity contribution in [3.63, 3.8) is 0 Å². The van der Waals surface area contributed by atoms with E-state index in [0.29, 0.717) is 26.4 Å². The number of anilines is 3. The summed E-state index contributed by atoms with van der Waals surface area (Å²) in [4.78, 5) is 49.1. The summed E-state index contributed by atoms with van der Waals surface area (Å²) in [6.45, 7) is 27.6. The summed E-state index contributed by atoms with van der Waals surface area (Å²) >= 11 is 19.2. The number of aldehydes is 1. The predicted octanol–water partition coefficient (Wildman–Crippen LogP) is 12.2. The van der Waals surface area contributed by atoms with Gasteiger partial charge in [0.1, 0.15) is 41.8 Å². The first-order chi connectivity index (χ1) is 41.3. The fourth-order valence-electron chi connectivity index (χ4n) is 11.2. The molecule has 12 rings (SSSR count). The maximum atomic E-state index is 10.8. The van der Waals surface area contributed by atoms with Crippen molar-refractivity contribution >= 4 is 58.9 Å². The van der Waals surface area contributed by atoms with Gasteiger partial charge in [-0.3, -0.25) is 14.6 Å². The second kappa shape index (κ2) is 31.7. The number of benzene rings is 3. The highest BCUT2D eigenvalue weighted by Gasteiger charge is 2.28. The normalized spacial score (nSPS) is 18.3. The molecule has 1 N–H and O–H groups in total. The number of ether oxygens (including phenoxy) is 3. The molecule has 16 nitrogen and oxygen atoms in total. The topological polar surface area (TPSA) is 150 Å². The van der Waals surface area contributed by atoms with Gasteiger partial charge in [-0.1, -0.05) is 88.5 Å². The Balaban J connectivity index is 0.000000147. The number of carbonyl (C=O) groups is 1. The molecule has 0 amide bonds. The molecule has 3 aromatic carbocycles. The second-order valence-corrected chi connectivity index (χ2v) is 25.1. The smallest absolute Gasteiger partial charge is 0.225 e. The number of likely N-dealkylation sites (tertiary alicyclic amines) is 2. The van der Waals surface area contributed by atoms with Crippen LogP contribution in [0.1, 0.15) is 118 Å². The zero-order chi connectivity index (χ0) is 59.7. The summed E-state index contributed by atoms with van der Waals surface area (Å²) in [6.07, 6.45) is 21.1. The number of nitrogens with one attached hydrogen (secondary N) is 1. The lowest BCUT2D eigenvalue weighted by molar-refractivity contribution is 0.105. The van der Waals surface area contributed by atoms with Gasteiger partial charge in [0, 0.05) is 160 Å². The Morgan fingerprint density at radius 3 is 1.01 bits per heavy atom. The largest absolute Gasteiger partial charge is 0.489 e. The lowest BCUT2D eigenvalue weighted by Gasteiger charge is -2.37. The third-order valence-corrected chi connectivity index (χ3v) is 17.4. The maximum Gasteiger partial charge on any atom is 0.225 e. The van der Waals surface area contributed by atoms with Crippen molar-refractivity contribution in [3.05, 3.63) is 140 Å². The fraction of sp³-hybridized carbons (Fsp3) is 0.530. The maximum absolute atomic E-state index is 10.8. The highest BCUT2D eigenvalue weighted by Crippen LogP contribution is 2.33. The first kappa shape index (κ1) is 63.6. The second-order valence-electron chi connectivity index (χ2n) is 23.8. The third-order valence-electron chi connectivity index (χ3n) is 16.5. The Bertz CT molecular complexity index is 2860. The zero-order valence-corrected chi connectivity index (χ0v) is 52.9. The summed E-state index contributed by atoms with van der Waals surface area (Å²) < 4.78 is 18.4. The quantitative estimate of drug-likeness (QED) is 0.0862. The molecule has 0 radical (unpaired) electrons. The lowest BCUT2D eigenvalue weighted by atomic mass is 10.0. The fourth-order valence-corrected chi connectivity index (χ4v) is 11.9.